The molecule has 1 heterocycles. The molecule has 1 N–H and O–H groups in total. The summed E-state index contributed by atoms with van der Waals surface area (Å²) in [6.07, 6.45) is 1.44. The highest BCUT2D eigenvalue weighted by molar-refractivity contribution is 7.89. The second-order valence-electron chi connectivity index (χ2n) is 8.66. The van der Waals surface area contributed by atoms with Gasteiger partial charge in [-0.05, 0) is 73.4 Å². The number of rotatable bonds is 8. The zero-order valence-corrected chi connectivity index (χ0v) is 22.7. The summed E-state index contributed by atoms with van der Waals surface area (Å²) in [5.74, 6) is 0.604. The number of nitrogens with one attached hydrogen (secondary N) is 1. The number of ether oxygens (including phenoxy) is 2. The van der Waals surface area contributed by atoms with Crippen molar-refractivity contribution in [1.29, 1.82) is 0 Å². The zero-order chi connectivity index (χ0) is 26.7. The van der Waals surface area contributed by atoms with Crippen LogP contribution in [0.4, 0.5) is 0 Å². The largest absolute Gasteiger partial charge is 0.454 e. The third kappa shape index (κ3) is 6.24. The van der Waals surface area contributed by atoms with Gasteiger partial charge in [0.25, 0.3) is 5.91 Å². The van der Waals surface area contributed by atoms with Crippen LogP contribution in [0.15, 0.2) is 58.5 Å². The first-order valence-electron chi connectivity index (χ1n) is 11.3. The molecule has 1 aliphatic heterocycles. The number of benzene rings is 3. The van der Waals surface area contributed by atoms with Crippen molar-refractivity contribution in [2.24, 2.45) is 5.10 Å². The van der Waals surface area contributed by atoms with Crippen molar-refractivity contribution in [1.82, 2.24) is 9.73 Å². The summed E-state index contributed by atoms with van der Waals surface area (Å²) in [6.45, 7) is 4.96. The van der Waals surface area contributed by atoms with Crippen molar-refractivity contribution < 1.29 is 22.7 Å². The first-order chi connectivity index (χ1) is 17.5. The summed E-state index contributed by atoms with van der Waals surface area (Å²) >= 11 is 12.2. The fourth-order valence-corrected chi connectivity index (χ4v) is 6.25. The van der Waals surface area contributed by atoms with E-state index in [-0.39, 0.29) is 23.3 Å². The number of carbonyl (C=O) groups excluding carboxylic acids is 1. The standard InChI is InChI=1S/C26H25Cl2N3O5S/c1-16-8-17(2)26(18(3)9-16)37(33,34)31(13-20-4-6-21(27)22(28)10-20)14-25(32)30-29-12-19-5-7-23-24(11-19)36-15-35-23/h4-12H,13-15H2,1-3H3,(H,30,32)/b29-12+. The van der Waals surface area contributed by atoms with Crippen LogP contribution in [0, 0.1) is 20.8 Å². The van der Waals surface area contributed by atoms with Gasteiger partial charge in [-0.1, -0.05) is 47.0 Å². The molecular weight excluding hydrogens is 537 g/mol. The van der Waals surface area contributed by atoms with Crippen molar-refractivity contribution >= 4 is 45.3 Å². The molecule has 0 aliphatic carbocycles. The Kier molecular flexibility index (Phi) is 8.08. The highest BCUT2D eigenvalue weighted by Gasteiger charge is 2.30. The molecule has 0 saturated heterocycles. The van der Waals surface area contributed by atoms with Crippen LogP contribution < -0.4 is 14.9 Å². The molecule has 0 bridgehead atoms. The minimum Gasteiger partial charge on any atom is -0.454 e. The van der Waals surface area contributed by atoms with Crippen molar-refractivity contribution in [2.45, 2.75) is 32.2 Å². The molecular formula is C26H25Cl2N3O5S. The van der Waals surface area contributed by atoms with Gasteiger partial charge in [0, 0.05) is 6.54 Å². The van der Waals surface area contributed by atoms with E-state index in [1.165, 1.54) is 6.21 Å². The highest BCUT2D eigenvalue weighted by Crippen LogP contribution is 2.32. The van der Waals surface area contributed by atoms with Crippen LogP contribution in [0.2, 0.25) is 10.0 Å². The maximum atomic E-state index is 13.8. The minimum absolute atomic E-state index is 0.0920. The van der Waals surface area contributed by atoms with Crippen molar-refractivity contribution in [3.63, 3.8) is 0 Å². The lowest BCUT2D eigenvalue weighted by molar-refractivity contribution is -0.121. The van der Waals surface area contributed by atoms with Crippen LogP contribution in [0.1, 0.15) is 27.8 Å². The van der Waals surface area contributed by atoms with Crippen LogP contribution in [0.3, 0.4) is 0 Å². The number of aryl methyl sites for hydroxylation is 3. The fourth-order valence-electron chi connectivity index (χ4n) is 4.14. The van der Waals surface area contributed by atoms with Gasteiger partial charge in [0.15, 0.2) is 11.5 Å². The summed E-state index contributed by atoms with van der Waals surface area (Å²) < 4.78 is 39.3. The van der Waals surface area contributed by atoms with Gasteiger partial charge in [-0.15, -0.1) is 0 Å². The van der Waals surface area contributed by atoms with E-state index in [1.807, 2.05) is 6.92 Å². The molecule has 4 rings (SSSR count). The molecule has 194 valence electrons. The van der Waals surface area contributed by atoms with Crippen molar-refractivity contribution in [2.75, 3.05) is 13.3 Å². The fraction of sp³-hybridized carbons (Fsp3) is 0.231. The lowest BCUT2D eigenvalue weighted by Crippen LogP contribution is -2.39. The third-order valence-corrected chi connectivity index (χ3v) is 8.50. The number of nitrogens with zero attached hydrogens (tertiary/aromatic N) is 2. The lowest BCUT2D eigenvalue weighted by Gasteiger charge is -2.24. The summed E-state index contributed by atoms with van der Waals surface area (Å²) in [5.41, 5.74) is 5.80. The Balaban J connectivity index is 1.57. The van der Waals surface area contributed by atoms with E-state index in [4.69, 9.17) is 32.7 Å². The van der Waals surface area contributed by atoms with Gasteiger partial charge in [0.05, 0.1) is 27.7 Å². The van der Waals surface area contributed by atoms with Gasteiger partial charge in [-0.2, -0.15) is 9.41 Å². The Hall–Kier alpha value is -3.11. The van der Waals surface area contributed by atoms with Crippen LogP contribution in [0.25, 0.3) is 0 Å². The molecule has 1 amide bonds. The van der Waals surface area contributed by atoms with Crippen molar-refractivity contribution in [3.8, 4) is 11.5 Å². The Morgan fingerprint density at radius 3 is 2.41 bits per heavy atom. The minimum atomic E-state index is -4.07. The normalized spacial score (nSPS) is 12.9. The average Bonchev–Trinajstić information content (AvgIpc) is 3.28. The molecule has 1 aliphatic rings. The smallest absolute Gasteiger partial charge is 0.255 e. The lowest BCUT2D eigenvalue weighted by atomic mass is 10.1. The summed E-state index contributed by atoms with van der Waals surface area (Å²) in [6, 6.07) is 13.7. The van der Waals surface area contributed by atoms with Gasteiger partial charge in [-0.25, -0.2) is 13.8 Å². The maximum absolute atomic E-state index is 13.8. The van der Waals surface area contributed by atoms with Crippen LogP contribution >= 0.6 is 23.2 Å². The van der Waals surface area contributed by atoms with E-state index in [0.29, 0.717) is 38.8 Å². The van der Waals surface area contributed by atoms with Crippen molar-refractivity contribution in [3.05, 3.63) is 86.4 Å². The molecule has 0 radical (unpaired) electrons. The molecule has 0 aromatic heterocycles. The molecule has 0 saturated carbocycles. The number of hydrogen-bond acceptors (Lipinski definition) is 6. The van der Waals surface area contributed by atoms with Crippen LogP contribution in [-0.2, 0) is 21.4 Å². The number of hydrazone groups is 1. The Bertz CT molecular complexity index is 1470. The van der Waals surface area contributed by atoms with Gasteiger partial charge in [0.2, 0.25) is 16.8 Å². The topological polar surface area (TPSA) is 97.3 Å². The summed E-state index contributed by atoms with van der Waals surface area (Å²) in [4.78, 5) is 13.0. The number of halogens is 2. The third-order valence-electron chi connectivity index (χ3n) is 5.66. The Labute approximate surface area is 225 Å². The monoisotopic (exact) mass is 561 g/mol. The number of sulfonamides is 1. The average molecular weight is 562 g/mol. The zero-order valence-electron chi connectivity index (χ0n) is 20.4. The predicted molar refractivity (Wildman–Crippen MR) is 143 cm³/mol. The number of carbonyl (C=O) groups is 1. The molecule has 0 unspecified atom stereocenters. The quantitative estimate of drug-likeness (QED) is 0.308. The van der Waals surface area contributed by atoms with E-state index in [1.54, 1.807) is 62.4 Å². The highest BCUT2D eigenvalue weighted by atomic mass is 35.5. The second-order valence-corrected chi connectivity index (χ2v) is 11.3. The molecule has 3 aromatic rings. The maximum Gasteiger partial charge on any atom is 0.255 e. The van der Waals surface area contributed by atoms with Crippen LogP contribution in [0.5, 0.6) is 11.5 Å². The predicted octanol–water partition coefficient (Wildman–Crippen LogP) is 4.99. The van der Waals surface area contributed by atoms with Crippen LogP contribution in [-0.4, -0.2) is 38.2 Å². The van der Waals surface area contributed by atoms with E-state index in [0.717, 1.165) is 9.87 Å². The van der Waals surface area contributed by atoms with E-state index >= 15 is 0 Å². The molecule has 8 nitrogen and oxygen atoms in total. The number of amides is 1. The number of hydrogen-bond donors (Lipinski definition) is 1. The SMILES string of the molecule is Cc1cc(C)c(S(=O)(=O)N(CC(=O)N/N=C/c2ccc3c(c2)OCO3)Cc2ccc(Cl)c(Cl)c2)c(C)c1. The molecule has 0 atom stereocenters. The van der Waals surface area contributed by atoms with Gasteiger partial charge in [-0.3, -0.25) is 4.79 Å². The van der Waals surface area contributed by atoms with E-state index in [2.05, 4.69) is 10.5 Å². The Morgan fingerprint density at radius 2 is 1.70 bits per heavy atom. The summed E-state index contributed by atoms with van der Waals surface area (Å²) in [7, 11) is -4.07. The molecule has 11 heteroatoms. The van der Waals surface area contributed by atoms with Gasteiger partial charge >= 0.3 is 0 Å². The van der Waals surface area contributed by atoms with E-state index in [9.17, 15) is 13.2 Å². The molecule has 0 fully saturated rings. The van der Waals surface area contributed by atoms with Gasteiger partial charge < -0.3 is 9.47 Å². The first kappa shape index (κ1) is 26.9. The molecule has 37 heavy (non-hydrogen) atoms. The van der Waals surface area contributed by atoms with Gasteiger partial charge in [0.1, 0.15) is 0 Å². The second kappa shape index (κ2) is 11.1. The Morgan fingerprint density at radius 1 is 1.00 bits per heavy atom. The molecule has 0 spiro atoms. The first-order valence-corrected chi connectivity index (χ1v) is 13.5. The van der Waals surface area contributed by atoms with E-state index < -0.39 is 22.5 Å². The summed E-state index contributed by atoms with van der Waals surface area (Å²) in [5, 5.41) is 4.61. The molecule has 3 aromatic carbocycles. The number of fused-ring (bicyclic) bond motifs is 1.